The van der Waals surface area contributed by atoms with Gasteiger partial charge in [-0.05, 0) is 44.5 Å². The number of rotatable bonds is 7. The molecule has 8 heteroatoms. The third-order valence-electron chi connectivity index (χ3n) is 3.74. The second-order valence-corrected chi connectivity index (χ2v) is 7.64. The molecule has 0 unspecified atom stereocenters. The average Bonchev–Trinajstić information content (AvgIpc) is 2.60. The molecular weight excluding hydrogens is 368 g/mol. The Hall–Kier alpha value is -2.71. The highest BCUT2D eigenvalue weighted by molar-refractivity contribution is 7.89. The van der Waals surface area contributed by atoms with E-state index in [2.05, 4.69) is 10.0 Å². The molecule has 0 radical (unpaired) electrons. The summed E-state index contributed by atoms with van der Waals surface area (Å²) in [6, 6.07) is 11.3. The second kappa shape index (κ2) is 8.79. The van der Waals surface area contributed by atoms with Gasteiger partial charge in [0, 0.05) is 0 Å². The summed E-state index contributed by atoms with van der Waals surface area (Å²) in [5, 5.41) is 2.53. The van der Waals surface area contributed by atoms with Crippen LogP contribution in [0.15, 0.2) is 47.4 Å². The van der Waals surface area contributed by atoms with E-state index in [1.165, 1.54) is 12.1 Å². The summed E-state index contributed by atoms with van der Waals surface area (Å²) < 4.78 is 32.0. The van der Waals surface area contributed by atoms with E-state index in [4.69, 9.17) is 4.74 Å². The zero-order valence-corrected chi connectivity index (χ0v) is 16.2. The number of nitrogens with one attached hydrogen (secondary N) is 2. The van der Waals surface area contributed by atoms with Crippen LogP contribution < -0.4 is 10.0 Å². The number of esters is 1. The van der Waals surface area contributed by atoms with Crippen LogP contribution >= 0.6 is 0 Å². The molecule has 0 fully saturated rings. The number of hydrogen-bond acceptors (Lipinski definition) is 5. The number of anilines is 1. The van der Waals surface area contributed by atoms with Crippen LogP contribution in [0.2, 0.25) is 0 Å². The summed E-state index contributed by atoms with van der Waals surface area (Å²) in [6.07, 6.45) is 0. The minimum atomic E-state index is -3.83. The van der Waals surface area contributed by atoms with Crippen LogP contribution in [0.4, 0.5) is 5.69 Å². The Labute approximate surface area is 158 Å². The molecule has 2 aromatic rings. The molecule has 0 saturated carbocycles. The monoisotopic (exact) mass is 390 g/mol. The predicted molar refractivity (Wildman–Crippen MR) is 102 cm³/mol. The van der Waals surface area contributed by atoms with Gasteiger partial charge in [-0.1, -0.05) is 29.8 Å². The van der Waals surface area contributed by atoms with Crippen LogP contribution in [0.1, 0.15) is 28.4 Å². The van der Waals surface area contributed by atoms with E-state index in [-0.39, 0.29) is 22.8 Å². The molecule has 2 N–H and O–H groups in total. The van der Waals surface area contributed by atoms with Gasteiger partial charge in [-0.25, -0.2) is 17.9 Å². The normalized spacial score (nSPS) is 11.1. The number of benzene rings is 2. The third kappa shape index (κ3) is 5.38. The quantitative estimate of drug-likeness (QED) is 0.707. The Morgan fingerprint density at radius 3 is 2.44 bits per heavy atom. The first-order valence-electron chi connectivity index (χ1n) is 8.37. The van der Waals surface area contributed by atoms with Gasteiger partial charge in [0.05, 0.1) is 29.3 Å². The molecule has 0 spiro atoms. The Bertz CT molecular complexity index is 954. The average molecular weight is 390 g/mol. The lowest BCUT2D eigenvalue weighted by Crippen LogP contribution is -2.33. The first-order chi connectivity index (χ1) is 12.7. The fraction of sp³-hybridized carbons (Fsp3) is 0.263. The molecule has 0 heterocycles. The van der Waals surface area contributed by atoms with Crippen molar-refractivity contribution in [2.45, 2.75) is 25.7 Å². The van der Waals surface area contributed by atoms with Crippen LogP contribution in [0, 0.1) is 13.8 Å². The van der Waals surface area contributed by atoms with Crippen molar-refractivity contribution in [1.29, 1.82) is 0 Å². The minimum Gasteiger partial charge on any atom is -0.462 e. The molecule has 0 aliphatic heterocycles. The van der Waals surface area contributed by atoms with Gasteiger partial charge >= 0.3 is 5.97 Å². The summed E-state index contributed by atoms with van der Waals surface area (Å²) >= 11 is 0. The number of amides is 1. The number of carbonyl (C=O) groups is 2. The summed E-state index contributed by atoms with van der Waals surface area (Å²) in [5.41, 5.74) is 1.99. The van der Waals surface area contributed by atoms with E-state index in [0.29, 0.717) is 5.56 Å². The SMILES string of the molecule is CCOC(=O)c1ccccc1NC(=O)CNS(=O)(=O)c1ccc(C)cc1C. The first-order valence-corrected chi connectivity index (χ1v) is 9.86. The number of sulfonamides is 1. The third-order valence-corrected chi connectivity index (χ3v) is 5.30. The smallest absolute Gasteiger partial charge is 0.340 e. The van der Waals surface area contributed by atoms with Gasteiger partial charge < -0.3 is 10.1 Å². The zero-order chi connectivity index (χ0) is 20.0. The van der Waals surface area contributed by atoms with Crippen molar-refractivity contribution in [3.8, 4) is 0 Å². The van der Waals surface area contributed by atoms with Gasteiger partial charge in [0.25, 0.3) is 0 Å². The van der Waals surface area contributed by atoms with E-state index in [1.54, 1.807) is 44.2 Å². The molecule has 0 aliphatic carbocycles. The van der Waals surface area contributed by atoms with Crippen LogP contribution in [0.5, 0.6) is 0 Å². The Morgan fingerprint density at radius 2 is 1.78 bits per heavy atom. The fourth-order valence-electron chi connectivity index (χ4n) is 2.51. The molecule has 144 valence electrons. The maximum atomic E-state index is 12.4. The number of para-hydroxylation sites is 1. The summed E-state index contributed by atoms with van der Waals surface area (Å²) in [4.78, 5) is 24.2. The van der Waals surface area contributed by atoms with Crippen molar-refractivity contribution in [2.24, 2.45) is 0 Å². The number of aryl methyl sites for hydroxylation is 2. The molecule has 27 heavy (non-hydrogen) atoms. The highest BCUT2D eigenvalue weighted by atomic mass is 32.2. The van der Waals surface area contributed by atoms with E-state index in [0.717, 1.165) is 5.56 Å². The number of ether oxygens (including phenoxy) is 1. The van der Waals surface area contributed by atoms with Gasteiger partial charge in [-0.15, -0.1) is 0 Å². The van der Waals surface area contributed by atoms with Gasteiger partial charge in [0.2, 0.25) is 15.9 Å². The molecule has 7 nitrogen and oxygen atoms in total. The summed E-state index contributed by atoms with van der Waals surface area (Å²) in [6.45, 7) is 4.98. The molecular formula is C19H22N2O5S. The number of carbonyl (C=O) groups excluding carboxylic acids is 2. The lowest BCUT2D eigenvalue weighted by atomic mass is 10.2. The molecule has 0 aliphatic rings. The molecule has 1 amide bonds. The minimum absolute atomic E-state index is 0.118. The highest BCUT2D eigenvalue weighted by Crippen LogP contribution is 2.17. The van der Waals surface area contributed by atoms with Crippen molar-refractivity contribution in [2.75, 3.05) is 18.5 Å². The van der Waals surface area contributed by atoms with E-state index in [9.17, 15) is 18.0 Å². The van der Waals surface area contributed by atoms with Crippen LogP contribution in [0.25, 0.3) is 0 Å². The lowest BCUT2D eigenvalue weighted by Gasteiger charge is -2.12. The van der Waals surface area contributed by atoms with Gasteiger partial charge in [-0.3, -0.25) is 4.79 Å². The van der Waals surface area contributed by atoms with Crippen molar-refractivity contribution in [3.63, 3.8) is 0 Å². The Balaban J connectivity index is 2.08. The second-order valence-electron chi connectivity index (χ2n) is 5.91. The van der Waals surface area contributed by atoms with Gasteiger partial charge in [-0.2, -0.15) is 0 Å². The zero-order valence-electron chi connectivity index (χ0n) is 15.4. The predicted octanol–water partition coefficient (Wildman–Crippen LogP) is 2.40. The Kier molecular flexibility index (Phi) is 6.70. The maximum Gasteiger partial charge on any atom is 0.340 e. The van der Waals surface area contributed by atoms with Crippen molar-refractivity contribution in [3.05, 3.63) is 59.2 Å². The van der Waals surface area contributed by atoms with E-state index >= 15 is 0 Å². The highest BCUT2D eigenvalue weighted by Gasteiger charge is 2.19. The van der Waals surface area contributed by atoms with E-state index in [1.807, 2.05) is 6.92 Å². The molecule has 2 rings (SSSR count). The number of hydrogen-bond donors (Lipinski definition) is 2. The largest absolute Gasteiger partial charge is 0.462 e. The fourth-order valence-corrected chi connectivity index (χ4v) is 3.72. The molecule has 0 atom stereocenters. The topological polar surface area (TPSA) is 102 Å². The summed E-state index contributed by atoms with van der Waals surface area (Å²) in [5.74, 6) is -1.16. The molecule has 0 saturated heterocycles. The first kappa shape index (κ1) is 20.6. The van der Waals surface area contributed by atoms with Crippen LogP contribution in [-0.4, -0.2) is 33.4 Å². The molecule has 2 aromatic carbocycles. The van der Waals surface area contributed by atoms with Gasteiger partial charge in [0.15, 0.2) is 0 Å². The maximum absolute atomic E-state index is 12.4. The lowest BCUT2D eigenvalue weighted by molar-refractivity contribution is -0.115. The summed E-state index contributed by atoms with van der Waals surface area (Å²) in [7, 11) is -3.83. The van der Waals surface area contributed by atoms with Crippen molar-refractivity contribution in [1.82, 2.24) is 4.72 Å². The van der Waals surface area contributed by atoms with Crippen molar-refractivity contribution < 1.29 is 22.7 Å². The van der Waals surface area contributed by atoms with Crippen LogP contribution in [-0.2, 0) is 19.6 Å². The van der Waals surface area contributed by atoms with Gasteiger partial charge in [0.1, 0.15) is 0 Å². The Morgan fingerprint density at radius 1 is 1.07 bits per heavy atom. The van der Waals surface area contributed by atoms with Crippen LogP contribution in [0.3, 0.4) is 0 Å². The van der Waals surface area contributed by atoms with Crippen molar-refractivity contribution >= 4 is 27.6 Å². The van der Waals surface area contributed by atoms with E-state index < -0.39 is 28.4 Å². The molecule has 0 bridgehead atoms. The molecule has 0 aromatic heterocycles. The standard InChI is InChI=1S/C19H22N2O5S/c1-4-26-19(23)15-7-5-6-8-16(15)21-18(22)12-20-27(24,25)17-10-9-13(2)11-14(17)3/h5-11,20H,4,12H2,1-3H3,(H,21,22).